The molecule has 0 fully saturated rings. The molecular formula is C46H81NO10P+. The van der Waals surface area contributed by atoms with E-state index in [0.717, 1.165) is 95.0 Å². The van der Waals surface area contributed by atoms with E-state index < -0.39 is 38.6 Å². The van der Waals surface area contributed by atoms with E-state index in [4.69, 9.17) is 22.9 Å². The average Bonchev–Trinajstić information content (AvgIpc) is 3.43. The van der Waals surface area contributed by atoms with Gasteiger partial charge in [0, 0.05) is 25.7 Å². The molecule has 0 spiro atoms. The number of carbonyl (C=O) groups excluding carboxylic acids is 2. The number of likely N-dealkylation sites (N-methyl/N-ethyl adjacent to an activating group) is 1. The zero-order valence-corrected chi connectivity index (χ0v) is 38.2. The van der Waals surface area contributed by atoms with Crippen molar-refractivity contribution >= 4 is 19.8 Å². The van der Waals surface area contributed by atoms with Crippen LogP contribution in [-0.4, -0.2) is 86.1 Å². The summed E-state index contributed by atoms with van der Waals surface area (Å²) < 4.78 is 40.4. The summed E-state index contributed by atoms with van der Waals surface area (Å²) in [6, 6.07) is 0. The molecule has 2 unspecified atom stereocenters. The summed E-state index contributed by atoms with van der Waals surface area (Å²) in [7, 11) is 1.39. The molecule has 0 aliphatic heterocycles. The Balaban J connectivity index is 2.37. The highest BCUT2D eigenvalue weighted by atomic mass is 31.2. The first-order valence-corrected chi connectivity index (χ1v) is 23.7. The third-order valence-corrected chi connectivity index (χ3v) is 10.9. The van der Waals surface area contributed by atoms with Crippen LogP contribution in [0.15, 0.2) is 40.9 Å². The maximum absolute atomic E-state index is 12.7. The molecule has 2 N–H and O–H groups in total. The highest BCUT2D eigenvalue weighted by Gasteiger charge is 2.27. The first kappa shape index (κ1) is 53.5. The number of aliphatic hydroxyl groups excluding tert-OH is 1. The maximum atomic E-state index is 12.7. The van der Waals surface area contributed by atoms with Gasteiger partial charge in [-0.3, -0.25) is 18.6 Å². The van der Waals surface area contributed by atoms with Crippen molar-refractivity contribution in [1.29, 1.82) is 0 Å². The lowest BCUT2D eigenvalue weighted by Crippen LogP contribution is -2.37. The number of ether oxygens (including phenoxy) is 2. The van der Waals surface area contributed by atoms with Crippen LogP contribution in [0, 0.1) is 13.8 Å². The first-order valence-electron chi connectivity index (χ1n) is 22.2. The van der Waals surface area contributed by atoms with Crippen molar-refractivity contribution in [3.63, 3.8) is 0 Å². The molecule has 0 bridgehead atoms. The molecule has 11 nitrogen and oxygen atoms in total. The van der Waals surface area contributed by atoms with E-state index in [2.05, 4.69) is 45.9 Å². The van der Waals surface area contributed by atoms with Crippen molar-refractivity contribution < 1.29 is 51.6 Å². The van der Waals surface area contributed by atoms with Crippen LogP contribution in [0.25, 0.3) is 0 Å². The van der Waals surface area contributed by atoms with Crippen LogP contribution in [0.4, 0.5) is 0 Å². The number of hydrogen-bond donors (Lipinski definition) is 2. The zero-order chi connectivity index (χ0) is 43.1. The van der Waals surface area contributed by atoms with Crippen LogP contribution in [0.1, 0.15) is 158 Å². The van der Waals surface area contributed by atoms with Gasteiger partial charge in [-0.2, -0.15) is 0 Å². The van der Waals surface area contributed by atoms with Crippen molar-refractivity contribution in [1.82, 2.24) is 0 Å². The number of unbranched alkanes of at least 4 members (excludes halogenated alkanes) is 11. The number of allylic oxidation sites excluding steroid dienone is 5. The van der Waals surface area contributed by atoms with Gasteiger partial charge in [-0.05, 0) is 69.9 Å². The number of furan rings is 1. The van der Waals surface area contributed by atoms with Crippen LogP contribution >= 0.6 is 7.82 Å². The third-order valence-electron chi connectivity index (χ3n) is 9.96. The van der Waals surface area contributed by atoms with Crippen molar-refractivity contribution in [2.75, 3.05) is 47.5 Å². The minimum absolute atomic E-state index is 0.00601. The van der Waals surface area contributed by atoms with Gasteiger partial charge in [0.05, 0.1) is 33.9 Å². The molecular weight excluding hydrogens is 757 g/mol. The van der Waals surface area contributed by atoms with Crippen molar-refractivity contribution in [3.05, 3.63) is 59.1 Å². The Hall–Kier alpha value is -2.53. The predicted octanol–water partition coefficient (Wildman–Crippen LogP) is 10.8. The molecule has 0 amide bonds. The van der Waals surface area contributed by atoms with E-state index in [0.29, 0.717) is 30.3 Å². The molecule has 3 atom stereocenters. The van der Waals surface area contributed by atoms with Gasteiger partial charge in [-0.15, -0.1) is 0 Å². The van der Waals surface area contributed by atoms with Gasteiger partial charge in [0.2, 0.25) is 0 Å². The number of carbonyl (C=O) groups is 2. The fourth-order valence-electron chi connectivity index (χ4n) is 6.24. The summed E-state index contributed by atoms with van der Waals surface area (Å²) in [6.45, 7) is 8.39. The Morgan fingerprint density at radius 2 is 1.33 bits per heavy atom. The minimum Gasteiger partial charge on any atom is -0.466 e. The number of quaternary nitrogens is 1. The second-order valence-corrected chi connectivity index (χ2v) is 17.9. The Morgan fingerprint density at radius 3 is 1.95 bits per heavy atom. The Morgan fingerprint density at radius 1 is 0.741 bits per heavy atom. The SMILES string of the molecule is CC/C=C/C/C=C/C=C/C(O)CCCCCCCC(=O)O[C@H](COC(=O)CCCCCCCCCCc1oc(CCC)c(C)c1C)COP(=O)(O)OCC[N+](C)(C)C. The Bertz CT molecular complexity index is 1380. The van der Waals surface area contributed by atoms with Gasteiger partial charge >= 0.3 is 19.8 Å². The summed E-state index contributed by atoms with van der Waals surface area (Å²) in [4.78, 5) is 35.5. The Labute approximate surface area is 351 Å². The summed E-state index contributed by atoms with van der Waals surface area (Å²) >= 11 is 0. The first-order chi connectivity index (χ1) is 27.7. The van der Waals surface area contributed by atoms with Gasteiger partial charge in [-0.1, -0.05) is 115 Å². The van der Waals surface area contributed by atoms with E-state index in [-0.39, 0.29) is 26.1 Å². The number of aliphatic hydroxyl groups is 1. The number of phosphoric acid groups is 1. The summed E-state index contributed by atoms with van der Waals surface area (Å²) in [5.74, 6) is 1.39. The van der Waals surface area contributed by atoms with Crippen molar-refractivity contribution in [2.45, 2.75) is 175 Å². The summed E-state index contributed by atoms with van der Waals surface area (Å²) in [5.41, 5.74) is 2.62. The fourth-order valence-corrected chi connectivity index (χ4v) is 6.99. The molecule has 0 aliphatic carbocycles. The maximum Gasteiger partial charge on any atom is 0.472 e. The molecule has 1 heterocycles. The number of esters is 2. The smallest absolute Gasteiger partial charge is 0.466 e. The Kier molecular flexibility index (Phi) is 29.8. The molecule has 0 saturated carbocycles. The van der Waals surface area contributed by atoms with Gasteiger partial charge in [-0.25, -0.2) is 4.57 Å². The second-order valence-electron chi connectivity index (χ2n) is 16.5. The van der Waals surface area contributed by atoms with Gasteiger partial charge in [0.25, 0.3) is 0 Å². The monoisotopic (exact) mass is 839 g/mol. The number of hydrogen-bond acceptors (Lipinski definition) is 9. The summed E-state index contributed by atoms with van der Waals surface area (Å²) in [6.07, 6.45) is 29.2. The second kappa shape index (κ2) is 32.3. The van der Waals surface area contributed by atoms with Gasteiger partial charge in [0.1, 0.15) is 31.3 Å². The van der Waals surface area contributed by atoms with E-state index in [1.165, 1.54) is 30.4 Å². The average molecular weight is 839 g/mol. The largest absolute Gasteiger partial charge is 0.472 e. The highest BCUT2D eigenvalue weighted by Crippen LogP contribution is 2.43. The van der Waals surface area contributed by atoms with Crippen molar-refractivity contribution in [3.8, 4) is 0 Å². The molecule has 1 rings (SSSR count). The topological polar surface area (TPSA) is 142 Å². The van der Waals surface area contributed by atoms with Crippen LogP contribution < -0.4 is 0 Å². The fraction of sp³-hybridized carbons (Fsp3) is 0.739. The van der Waals surface area contributed by atoms with Gasteiger partial charge < -0.3 is 28.4 Å². The van der Waals surface area contributed by atoms with E-state index >= 15 is 0 Å². The predicted molar refractivity (Wildman–Crippen MR) is 234 cm³/mol. The number of phosphoric ester groups is 1. The van der Waals surface area contributed by atoms with Crippen LogP contribution in [0.2, 0.25) is 0 Å². The zero-order valence-electron chi connectivity index (χ0n) is 37.4. The quantitative estimate of drug-likeness (QED) is 0.0167. The molecule has 0 saturated heterocycles. The highest BCUT2D eigenvalue weighted by molar-refractivity contribution is 7.47. The van der Waals surface area contributed by atoms with Crippen LogP contribution in [-0.2, 0) is 45.5 Å². The van der Waals surface area contributed by atoms with Crippen LogP contribution in [0.3, 0.4) is 0 Å². The van der Waals surface area contributed by atoms with Crippen LogP contribution in [0.5, 0.6) is 0 Å². The van der Waals surface area contributed by atoms with E-state index in [1.807, 2.05) is 33.3 Å². The molecule has 0 radical (unpaired) electrons. The number of nitrogens with zero attached hydrogens (tertiary/aromatic N) is 1. The van der Waals surface area contributed by atoms with E-state index in [1.54, 1.807) is 6.08 Å². The molecule has 334 valence electrons. The lowest BCUT2D eigenvalue weighted by Gasteiger charge is -2.24. The van der Waals surface area contributed by atoms with Crippen molar-refractivity contribution in [2.24, 2.45) is 0 Å². The third kappa shape index (κ3) is 28.8. The lowest BCUT2D eigenvalue weighted by molar-refractivity contribution is -0.870. The lowest BCUT2D eigenvalue weighted by atomic mass is 10.0. The van der Waals surface area contributed by atoms with E-state index in [9.17, 15) is 24.2 Å². The minimum atomic E-state index is -4.41. The number of rotatable bonds is 36. The normalized spacial score (nSPS) is 14.4. The standard InChI is InChI=1S/C46H80NO10P/c1-8-10-11-12-15-19-24-30-41(48)31-25-20-18-23-28-34-46(50)56-42(38-55-58(51,52)54-36-35-47(5,6)7)37-53-45(49)33-27-22-17-14-13-16-21-26-32-44-40(4)39(3)43(57-44)29-9-2/h10-11,15,19,24,30,41-42,48H,8-9,12-14,16-18,20-23,25-29,31-38H2,1-7H3/p+1/b11-10+,19-15+,30-24+/t41?,42-/m1/s1. The molecule has 1 aromatic heterocycles. The van der Waals surface area contributed by atoms with Gasteiger partial charge in [0.15, 0.2) is 6.10 Å². The molecule has 58 heavy (non-hydrogen) atoms. The molecule has 0 aliphatic rings. The molecule has 1 aromatic rings. The number of aryl methyl sites for hydroxylation is 2. The summed E-state index contributed by atoms with van der Waals surface area (Å²) in [5, 5.41) is 10.2. The molecule has 12 heteroatoms. The molecule has 0 aromatic carbocycles.